The predicted octanol–water partition coefficient (Wildman–Crippen LogP) is 3.90. The van der Waals surface area contributed by atoms with E-state index >= 15 is 0 Å². The summed E-state index contributed by atoms with van der Waals surface area (Å²) in [6, 6.07) is 21.1. The Morgan fingerprint density at radius 1 is 1.06 bits per heavy atom. The lowest BCUT2D eigenvalue weighted by Crippen LogP contribution is -2.57. The molecule has 0 amide bonds. The van der Waals surface area contributed by atoms with E-state index < -0.39 is 0 Å². The van der Waals surface area contributed by atoms with Crippen LogP contribution in [-0.2, 0) is 6.54 Å². The minimum Gasteiger partial charge on any atom is -0.331 e. The van der Waals surface area contributed by atoms with E-state index in [1.807, 2.05) is 18.3 Å². The fourth-order valence-electron chi connectivity index (χ4n) is 4.38. The highest BCUT2D eigenvalue weighted by atomic mass is 32.2. The maximum atomic E-state index is 5.01. The minimum atomic E-state index is -0.0619. The number of para-hydroxylation sites is 2. The number of aromatic nitrogens is 3. The van der Waals surface area contributed by atoms with Crippen molar-refractivity contribution in [3.8, 4) is 0 Å². The molecule has 2 aliphatic rings. The quantitative estimate of drug-likeness (QED) is 0.485. The molecule has 7 nitrogen and oxygen atoms in total. The lowest BCUT2D eigenvalue weighted by atomic mass is 10.1. The van der Waals surface area contributed by atoms with Gasteiger partial charge in [-0.15, -0.1) is 11.8 Å². The maximum absolute atomic E-state index is 5.01. The molecule has 1 atom stereocenters. The van der Waals surface area contributed by atoms with Gasteiger partial charge in [-0.1, -0.05) is 30.3 Å². The van der Waals surface area contributed by atoms with Gasteiger partial charge in [0.25, 0.3) is 0 Å². The van der Waals surface area contributed by atoms with Crippen LogP contribution in [0.1, 0.15) is 17.3 Å². The Hall–Kier alpha value is -3.36. The topological polar surface area (TPSA) is 61.6 Å². The van der Waals surface area contributed by atoms with Gasteiger partial charge < -0.3 is 5.32 Å². The lowest BCUT2D eigenvalue weighted by molar-refractivity contribution is 0.263. The van der Waals surface area contributed by atoms with Gasteiger partial charge in [0.2, 0.25) is 11.9 Å². The van der Waals surface area contributed by atoms with E-state index in [0.717, 1.165) is 29.5 Å². The summed E-state index contributed by atoms with van der Waals surface area (Å²) in [5.74, 6) is 1.78. The first kappa shape index (κ1) is 19.3. The van der Waals surface area contributed by atoms with Crippen LogP contribution in [0.15, 0.2) is 82.9 Å². The van der Waals surface area contributed by atoms with Crippen molar-refractivity contribution in [3.63, 3.8) is 0 Å². The van der Waals surface area contributed by atoms with Crippen LogP contribution >= 0.6 is 11.8 Å². The molecule has 0 fully saturated rings. The number of hydrogen-bond acceptors (Lipinski definition) is 7. The van der Waals surface area contributed by atoms with Crippen molar-refractivity contribution in [2.24, 2.45) is 4.99 Å². The van der Waals surface area contributed by atoms with Crippen molar-refractivity contribution >= 4 is 34.7 Å². The van der Waals surface area contributed by atoms with Crippen LogP contribution in [0.4, 0.5) is 5.95 Å². The maximum Gasteiger partial charge on any atom is 0.216 e. The van der Waals surface area contributed by atoms with Crippen LogP contribution in [0.5, 0.6) is 0 Å². The summed E-state index contributed by atoms with van der Waals surface area (Å²) in [6.45, 7) is 2.13. The van der Waals surface area contributed by atoms with E-state index in [1.165, 1.54) is 16.0 Å². The minimum absolute atomic E-state index is 0.0619. The van der Waals surface area contributed by atoms with Crippen LogP contribution in [0.2, 0.25) is 0 Å². The molecule has 8 heteroatoms. The zero-order valence-corrected chi connectivity index (χ0v) is 18.5. The number of pyridine rings is 1. The SMILES string of the molecule is CSc1ccc(C2NC3=NCN(Cc4cccnc4)CN3c3nc4ccccc4n32)cc1. The van der Waals surface area contributed by atoms with E-state index in [-0.39, 0.29) is 6.17 Å². The highest BCUT2D eigenvalue weighted by Gasteiger charge is 2.35. The molecule has 32 heavy (non-hydrogen) atoms. The van der Waals surface area contributed by atoms with Gasteiger partial charge in [0.1, 0.15) is 6.17 Å². The number of nitrogens with one attached hydrogen (secondary N) is 1. The van der Waals surface area contributed by atoms with Crippen molar-refractivity contribution in [1.29, 1.82) is 0 Å². The number of guanidine groups is 1. The van der Waals surface area contributed by atoms with E-state index in [9.17, 15) is 0 Å². The summed E-state index contributed by atoms with van der Waals surface area (Å²) in [4.78, 5) is 19.9. The number of rotatable bonds is 4. The molecule has 6 rings (SSSR count). The molecule has 0 saturated carbocycles. The number of aliphatic imine (C=N–C) groups is 1. The Kier molecular flexibility index (Phi) is 4.81. The molecule has 0 spiro atoms. The average molecular weight is 442 g/mol. The molecule has 1 unspecified atom stereocenters. The summed E-state index contributed by atoms with van der Waals surface area (Å²) in [5.41, 5.74) is 4.46. The van der Waals surface area contributed by atoms with Gasteiger partial charge in [0.05, 0.1) is 24.4 Å². The molecule has 4 aromatic rings. The second-order valence-electron chi connectivity index (χ2n) is 7.97. The third-order valence-electron chi connectivity index (χ3n) is 5.92. The Balaban J connectivity index is 1.41. The van der Waals surface area contributed by atoms with Crippen molar-refractivity contribution in [2.45, 2.75) is 17.6 Å². The third kappa shape index (κ3) is 3.32. The number of imidazole rings is 1. The zero-order chi connectivity index (χ0) is 21.5. The number of benzene rings is 2. The zero-order valence-electron chi connectivity index (χ0n) is 17.7. The normalized spacial score (nSPS) is 18.1. The molecule has 2 aromatic heterocycles. The molecular formula is C24H23N7S. The first-order chi connectivity index (χ1) is 15.8. The van der Waals surface area contributed by atoms with E-state index in [1.54, 1.807) is 18.0 Å². The predicted molar refractivity (Wildman–Crippen MR) is 129 cm³/mol. The van der Waals surface area contributed by atoms with Gasteiger partial charge in [-0.25, -0.2) is 9.98 Å². The van der Waals surface area contributed by atoms with Crippen molar-refractivity contribution in [1.82, 2.24) is 24.8 Å². The molecule has 0 aliphatic carbocycles. The molecular weight excluding hydrogens is 418 g/mol. The van der Waals surface area contributed by atoms with E-state index in [4.69, 9.17) is 9.98 Å². The molecule has 2 aliphatic heterocycles. The molecule has 4 heterocycles. The highest BCUT2D eigenvalue weighted by molar-refractivity contribution is 7.98. The van der Waals surface area contributed by atoms with Gasteiger partial charge in [-0.2, -0.15) is 0 Å². The van der Waals surface area contributed by atoms with Gasteiger partial charge in [0.15, 0.2) is 0 Å². The van der Waals surface area contributed by atoms with Gasteiger partial charge >= 0.3 is 0 Å². The molecule has 0 bridgehead atoms. The number of fused-ring (bicyclic) bond motifs is 5. The number of anilines is 1. The van der Waals surface area contributed by atoms with E-state index in [0.29, 0.717) is 13.3 Å². The summed E-state index contributed by atoms with van der Waals surface area (Å²) in [7, 11) is 0. The first-order valence-corrected chi connectivity index (χ1v) is 11.8. The molecule has 0 radical (unpaired) electrons. The third-order valence-corrected chi connectivity index (χ3v) is 6.66. The summed E-state index contributed by atoms with van der Waals surface area (Å²) < 4.78 is 2.29. The van der Waals surface area contributed by atoms with Gasteiger partial charge in [-0.05, 0) is 47.7 Å². The van der Waals surface area contributed by atoms with Gasteiger partial charge in [-0.3, -0.25) is 19.4 Å². The Morgan fingerprint density at radius 3 is 2.75 bits per heavy atom. The van der Waals surface area contributed by atoms with Crippen molar-refractivity contribution in [2.75, 3.05) is 24.5 Å². The van der Waals surface area contributed by atoms with Crippen LogP contribution in [0, 0.1) is 0 Å². The van der Waals surface area contributed by atoms with Crippen LogP contribution in [-0.4, -0.2) is 45.0 Å². The van der Waals surface area contributed by atoms with Crippen LogP contribution in [0.3, 0.4) is 0 Å². The first-order valence-electron chi connectivity index (χ1n) is 10.6. The fourth-order valence-corrected chi connectivity index (χ4v) is 4.79. The van der Waals surface area contributed by atoms with Gasteiger partial charge in [0, 0.05) is 23.8 Å². The standard InChI is InChI=1S/C24H23N7S/c1-32-19-10-8-18(9-11-19)22-28-23-26-15-29(14-17-5-4-12-25-13-17)16-30(23)24-27-20-6-2-3-7-21(20)31(22)24/h2-13,22H,14-16H2,1H3,(H,26,28). The van der Waals surface area contributed by atoms with E-state index in [2.05, 4.69) is 79.5 Å². The molecule has 0 saturated heterocycles. The molecule has 1 N–H and O–H groups in total. The molecule has 160 valence electrons. The second kappa shape index (κ2) is 7.96. The highest BCUT2D eigenvalue weighted by Crippen LogP contribution is 2.34. The fraction of sp³-hybridized carbons (Fsp3) is 0.208. The second-order valence-corrected chi connectivity index (χ2v) is 8.85. The lowest BCUT2D eigenvalue weighted by Gasteiger charge is -2.41. The number of thioether (sulfide) groups is 1. The molecule has 2 aromatic carbocycles. The van der Waals surface area contributed by atoms with Crippen LogP contribution < -0.4 is 10.2 Å². The summed E-state index contributed by atoms with van der Waals surface area (Å²) in [6.07, 6.45) is 5.75. The largest absolute Gasteiger partial charge is 0.331 e. The van der Waals surface area contributed by atoms with Crippen molar-refractivity contribution < 1.29 is 0 Å². The Labute approximate surface area is 190 Å². The average Bonchev–Trinajstić information content (AvgIpc) is 3.24. The number of hydrogen-bond donors (Lipinski definition) is 1. The van der Waals surface area contributed by atoms with Crippen molar-refractivity contribution in [3.05, 3.63) is 84.2 Å². The Bertz CT molecular complexity index is 1280. The summed E-state index contributed by atoms with van der Waals surface area (Å²) >= 11 is 1.75. The Morgan fingerprint density at radius 2 is 1.94 bits per heavy atom. The monoisotopic (exact) mass is 441 g/mol. The smallest absolute Gasteiger partial charge is 0.216 e. The van der Waals surface area contributed by atoms with Crippen LogP contribution in [0.25, 0.3) is 11.0 Å². The summed E-state index contributed by atoms with van der Waals surface area (Å²) in [5, 5.41) is 3.68. The number of nitrogens with zero attached hydrogens (tertiary/aromatic N) is 6.